The minimum absolute atomic E-state index is 0.00871. The van der Waals surface area contributed by atoms with E-state index in [9.17, 15) is 14.7 Å². The van der Waals surface area contributed by atoms with Crippen molar-refractivity contribution in [2.75, 3.05) is 12.0 Å². The van der Waals surface area contributed by atoms with Gasteiger partial charge in [-0.05, 0) is 44.5 Å². The monoisotopic (exact) mass is 468 g/mol. The van der Waals surface area contributed by atoms with Crippen molar-refractivity contribution < 1.29 is 19.4 Å². The van der Waals surface area contributed by atoms with Crippen molar-refractivity contribution in [3.63, 3.8) is 0 Å². The van der Waals surface area contributed by atoms with Crippen molar-refractivity contribution in [1.82, 2.24) is 4.98 Å². The number of aryl methyl sites for hydroxylation is 3. The Morgan fingerprint density at radius 1 is 1.12 bits per heavy atom. The van der Waals surface area contributed by atoms with Crippen LogP contribution in [0.1, 0.15) is 33.3 Å². The van der Waals surface area contributed by atoms with E-state index in [0.29, 0.717) is 22.0 Å². The van der Waals surface area contributed by atoms with Gasteiger partial charge in [-0.2, -0.15) is 0 Å². The van der Waals surface area contributed by atoms with Gasteiger partial charge in [0.05, 0.1) is 29.4 Å². The first-order chi connectivity index (χ1) is 15.2. The number of ether oxygens (including phenoxy) is 1. The first kappa shape index (κ1) is 22.0. The lowest BCUT2D eigenvalue weighted by molar-refractivity contribution is -0.132. The number of halogens is 1. The number of Topliss-reactive ketones (excluding diaryl/α,β-unsaturated/α-hetero) is 1. The molecular formula is C24H21ClN2O4S. The summed E-state index contributed by atoms with van der Waals surface area (Å²) in [6.45, 7) is 5.72. The zero-order valence-corrected chi connectivity index (χ0v) is 19.5. The normalized spacial score (nSPS) is 17.8. The van der Waals surface area contributed by atoms with Gasteiger partial charge in [-0.25, -0.2) is 4.98 Å². The number of aliphatic hydroxyl groups is 1. The second-order valence-electron chi connectivity index (χ2n) is 7.57. The summed E-state index contributed by atoms with van der Waals surface area (Å²) >= 11 is 7.57. The average molecular weight is 469 g/mol. The summed E-state index contributed by atoms with van der Waals surface area (Å²) in [7, 11) is 1.49. The standard InChI is InChI=1S/C24H21ClN2O4S/c1-12-5-7-15(8-6-12)20-19(21(28)16-9-10-18(31-4)17(25)11-16)22(29)23(30)27(20)24-26-13(2)14(3)32-24/h5-11,20,28H,1-4H3/t20-/m0/s1. The third-order valence-corrected chi connectivity index (χ3v) is 6.85. The zero-order chi connectivity index (χ0) is 23.2. The van der Waals surface area contributed by atoms with Gasteiger partial charge in [-0.3, -0.25) is 14.5 Å². The van der Waals surface area contributed by atoms with E-state index in [4.69, 9.17) is 16.3 Å². The summed E-state index contributed by atoms with van der Waals surface area (Å²) in [5, 5.41) is 11.9. The van der Waals surface area contributed by atoms with E-state index < -0.39 is 17.7 Å². The largest absolute Gasteiger partial charge is 0.507 e. The summed E-state index contributed by atoms with van der Waals surface area (Å²) in [6, 6.07) is 11.4. The molecule has 8 heteroatoms. The highest BCUT2D eigenvalue weighted by Gasteiger charge is 2.48. The molecule has 0 bridgehead atoms. The van der Waals surface area contributed by atoms with Crippen LogP contribution in [0.2, 0.25) is 5.02 Å². The first-order valence-electron chi connectivity index (χ1n) is 9.88. The van der Waals surface area contributed by atoms with Crippen molar-refractivity contribution in [2.45, 2.75) is 26.8 Å². The summed E-state index contributed by atoms with van der Waals surface area (Å²) in [5.74, 6) is -1.37. The Morgan fingerprint density at radius 3 is 2.38 bits per heavy atom. The number of benzene rings is 2. The van der Waals surface area contributed by atoms with Crippen LogP contribution in [-0.2, 0) is 9.59 Å². The molecule has 4 rings (SSSR count). The highest BCUT2D eigenvalue weighted by molar-refractivity contribution is 7.16. The van der Waals surface area contributed by atoms with Gasteiger partial charge in [0.2, 0.25) is 0 Å². The molecule has 0 radical (unpaired) electrons. The summed E-state index contributed by atoms with van der Waals surface area (Å²) in [4.78, 5) is 33.1. The fraction of sp³-hybridized carbons (Fsp3) is 0.208. The van der Waals surface area contributed by atoms with Crippen LogP contribution in [0, 0.1) is 20.8 Å². The molecule has 3 aromatic rings. The molecule has 164 valence electrons. The first-order valence-corrected chi connectivity index (χ1v) is 11.1. The molecule has 1 amide bonds. The van der Waals surface area contributed by atoms with Crippen molar-refractivity contribution in [3.8, 4) is 5.75 Å². The van der Waals surface area contributed by atoms with Crippen LogP contribution in [0.4, 0.5) is 5.13 Å². The number of thiazole rings is 1. The molecule has 0 aliphatic carbocycles. The number of nitrogens with zero attached hydrogens (tertiary/aromatic N) is 2. The van der Waals surface area contributed by atoms with Crippen LogP contribution in [0.3, 0.4) is 0 Å². The van der Waals surface area contributed by atoms with E-state index in [1.54, 1.807) is 12.1 Å². The van der Waals surface area contributed by atoms with Crippen molar-refractivity contribution in [2.24, 2.45) is 0 Å². The molecule has 1 N–H and O–H groups in total. The van der Waals surface area contributed by atoms with Gasteiger partial charge in [0.15, 0.2) is 5.13 Å². The van der Waals surface area contributed by atoms with Crippen LogP contribution in [0.25, 0.3) is 5.76 Å². The summed E-state index contributed by atoms with van der Waals surface area (Å²) in [6.07, 6.45) is 0. The number of hydrogen-bond acceptors (Lipinski definition) is 6. The number of aromatic nitrogens is 1. The maximum absolute atomic E-state index is 13.2. The van der Waals surface area contributed by atoms with Crippen molar-refractivity contribution >= 4 is 45.5 Å². The zero-order valence-electron chi connectivity index (χ0n) is 18.0. The SMILES string of the molecule is COc1ccc(C(O)=C2C(=O)C(=O)N(c3nc(C)c(C)s3)[C@H]2c2ccc(C)cc2)cc1Cl. The number of aliphatic hydroxyl groups excluding tert-OH is 1. The Morgan fingerprint density at radius 2 is 1.81 bits per heavy atom. The minimum atomic E-state index is -0.818. The van der Waals surface area contributed by atoms with Gasteiger partial charge in [-0.1, -0.05) is 41.4 Å². The van der Waals surface area contributed by atoms with Gasteiger partial charge < -0.3 is 9.84 Å². The molecule has 1 saturated heterocycles. The Labute approximate surface area is 194 Å². The number of carbonyl (C=O) groups is 2. The number of methoxy groups -OCH3 is 1. The Bertz CT molecular complexity index is 1240. The van der Waals surface area contributed by atoms with E-state index in [0.717, 1.165) is 16.1 Å². The van der Waals surface area contributed by atoms with E-state index >= 15 is 0 Å². The lowest BCUT2D eigenvalue weighted by atomic mass is 9.95. The van der Waals surface area contributed by atoms with Crippen LogP contribution in [0.5, 0.6) is 5.75 Å². The highest BCUT2D eigenvalue weighted by atomic mass is 35.5. The molecule has 32 heavy (non-hydrogen) atoms. The fourth-order valence-electron chi connectivity index (χ4n) is 3.62. The van der Waals surface area contributed by atoms with Gasteiger partial charge in [0.1, 0.15) is 11.5 Å². The molecule has 0 spiro atoms. The molecule has 1 fully saturated rings. The van der Waals surface area contributed by atoms with E-state index in [1.807, 2.05) is 45.0 Å². The second kappa shape index (κ2) is 8.41. The molecule has 1 aliphatic rings. The molecular weight excluding hydrogens is 448 g/mol. The molecule has 0 saturated carbocycles. The predicted octanol–water partition coefficient (Wildman–Crippen LogP) is 5.36. The molecule has 2 heterocycles. The van der Waals surface area contributed by atoms with Crippen molar-refractivity contribution in [3.05, 3.63) is 80.3 Å². The number of ketones is 1. The van der Waals surface area contributed by atoms with Crippen LogP contribution >= 0.6 is 22.9 Å². The van der Waals surface area contributed by atoms with Crippen LogP contribution in [-0.4, -0.2) is 28.9 Å². The molecule has 2 aromatic carbocycles. The molecule has 1 aromatic heterocycles. The summed E-state index contributed by atoms with van der Waals surface area (Å²) < 4.78 is 5.17. The van der Waals surface area contributed by atoms with Gasteiger partial charge in [0.25, 0.3) is 5.78 Å². The van der Waals surface area contributed by atoms with E-state index in [2.05, 4.69) is 4.98 Å². The van der Waals surface area contributed by atoms with Crippen molar-refractivity contribution in [1.29, 1.82) is 0 Å². The quantitative estimate of drug-likeness (QED) is 0.317. The highest BCUT2D eigenvalue weighted by Crippen LogP contribution is 2.44. The Hall–Kier alpha value is -3.16. The van der Waals surface area contributed by atoms with Gasteiger partial charge >= 0.3 is 5.91 Å². The fourth-order valence-corrected chi connectivity index (χ4v) is 4.82. The Balaban J connectivity index is 1.94. The average Bonchev–Trinajstić information content (AvgIpc) is 3.23. The van der Waals surface area contributed by atoms with Crippen LogP contribution in [0.15, 0.2) is 48.0 Å². The third kappa shape index (κ3) is 3.67. The smallest absolute Gasteiger partial charge is 0.301 e. The number of hydrogen-bond donors (Lipinski definition) is 1. The Kier molecular flexibility index (Phi) is 5.79. The second-order valence-corrected chi connectivity index (χ2v) is 9.16. The molecule has 6 nitrogen and oxygen atoms in total. The predicted molar refractivity (Wildman–Crippen MR) is 126 cm³/mol. The molecule has 0 unspecified atom stereocenters. The lowest BCUT2D eigenvalue weighted by Gasteiger charge is -2.23. The third-order valence-electron chi connectivity index (χ3n) is 5.49. The van der Waals surface area contributed by atoms with Crippen LogP contribution < -0.4 is 9.64 Å². The summed E-state index contributed by atoms with van der Waals surface area (Å²) in [5.41, 5.74) is 2.83. The molecule has 1 atom stereocenters. The maximum atomic E-state index is 13.2. The van der Waals surface area contributed by atoms with Gasteiger partial charge in [-0.15, -0.1) is 11.3 Å². The van der Waals surface area contributed by atoms with Gasteiger partial charge in [0, 0.05) is 10.4 Å². The number of amides is 1. The number of anilines is 1. The lowest BCUT2D eigenvalue weighted by Crippen LogP contribution is -2.29. The maximum Gasteiger partial charge on any atom is 0.301 e. The molecule has 1 aliphatic heterocycles. The van der Waals surface area contributed by atoms with E-state index in [1.165, 1.54) is 29.4 Å². The topological polar surface area (TPSA) is 79.7 Å². The number of carbonyl (C=O) groups excluding carboxylic acids is 2. The van der Waals surface area contributed by atoms with E-state index in [-0.39, 0.29) is 16.4 Å². The number of rotatable bonds is 4. The minimum Gasteiger partial charge on any atom is -0.507 e.